The van der Waals surface area contributed by atoms with Crippen LogP contribution in [-0.2, 0) is 17.8 Å². The van der Waals surface area contributed by atoms with Crippen molar-refractivity contribution >= 4 is 23.5 Å². The largest absolute Gasteiger partial charge is 0.357 e. The van der Waals surface area contributed by atoms with E-state index >= 15 is 0 Å². The van der Waals surface area contributed by atoms with Crippen molar-refractivity contribution in [3.8, 4) is 0 Å². The smallest absolute Gasteiger partial charge is 0.220 e. The third-order valence-corrected chi connectivity index (χ3v) is 5.71. The summed E-state index contributed by atoms with van der Waals surface area (Å²) in [5.41, 5.74) is 4.01. The van der Waals surface area contributed by atoms with E-state index in [-0.39, 0.29) is 5.91 Å². The molecule has 150 valence electrons. The molecule has 0 unspecified atom stereocenters. The van der Waals surface area contributed by atoms with E-state index in [9.17, 15) is 4.79 Å². The van der Waals surface area contributed by atoms with Crippen LogP contribution in [0.5, 0.6) is 0 Å². The second-order valence-corrected chi connectivity index (χ2v) is 7.98. The third kappa shape index (κ3) is 5.44. The highest BCUT2D eigenvalue weighted by molar-refractivity contribution is 7.98. The van der Waals surface area contributed by atoms with Gasteiger partial charge in [-0.2, -0.15) is 0 Å². The van der Waals surface area contributed by atoms with Gasteiger partial charge in [0, 0.05) is 43.6 Å². The average Bonchev–Trinajstić information content (AvgIpc) is 2.72. The molecule has 0 spiro atoms. The average molecular weight is 400 g/mol. The Balaban J connectivity index is 1.48. The van der Waals surface area contributed by atoms with Crippen LogP contribution in [0.3, 0.4) is 0 Å². The molecule has 3 rings (SSSR count). The first-order chi connectivity index (χ1) is 13.6. The van der Waals surface area contributed by atoms with Gasteiger partial charge >= 0.3 is 0 Å². The number of thioether (sulfide) groups is 1. The second-order valence-electron chi connectivity index (χ2n) is 7.21. The van der Waals surface area contributed by atoms with E-state index in [1.54, 1.807) is 0 Å². The maximum Gasteiger partial charge on any atom is 0.220 e. The minimum Gasteiger partial charge on any atom is -0.357 e. The summed E-state index contributed by atoms with van der Waals surface area (Å²) in [5, 5.41) is 3.77. The van der Waals surface area contributed by atoms with Gasteiger partial charge in [-0.05, 0) is 63.0 Å². The van der Waals surface area contributed by atoms with Gasteiger partial charge in [0.15, 0.2) is 5.16 Å². The molecule has 6 nitrogen and oxygen atoms in total. The van der Waals surface area contributed by atoms with E-state index in [0.717, 1.165) is 46.6 Å². The Morgan fingerprint density at radius 2 is 1.86 bits per heavy atom. The van der Waals surface area contributed by atoms with E-state index < -0.39 is 0 Å². The number of aromatic nitrogens is 3. The van der Waals surface area contributed by atoms with Gasteiger partial charge in [-0.3, -0.25) is 4.79 Å². The maximum absolute atomic E-state index is 12.3. The first kappa shape index (κ1) is 20.6. The second kappa shape index (κ2) is 9.87. The van der Waals surface area contributed by atoms with Crippen LogP contribution in [0.2, 0.25) is 0 Å². The van der Waals surface area contributed by atoms with E-state index in [1.807, 2.05) is 26.3 Å². The van der Waals surface area contributed by atoms with Crippen molar-refractivity contribution in [2.75, 3.05) is 24.2 Å². The molecule has 0 radical (unpaired) electrons. The van der Waals surface area contributed by atoms with Crippen molar-refractivity contribution < 1.29 is 4.79 Å². The molecule has 2 aromatic rings. The molecule has 0 aromatic carbocycles. The highest BCUT2D eigenvalue weighted by atomic mass is 32.2. The van der Waals surface area contributed by atoms with Crippen molar-refractivity contribution in [2.45, 2.75) is 57.7 Å². The Morgan fingerprint density at radius 3 is 2.46 bits per heavy atom. The molecule has 0 saturated carbocycles. The molecule has 1 amide bonds. The molecule has 0 bridgehead atoms. The minimum atomic E-state index is 0.0350. The fourth-order valence-corrected chi connectivity index (χ4v) is 3.98. The van der Waals surface area contributed by atoms with Gasteiger partial charge in [0.25, 0.3) is 0 Å². The molecule has 1 aliphatic heterocycles. The van der Waals surface area contributed by atoms with Crippen molar-refractivity contribution in [3.05, 3.63) is 40.8 Å². The summed E-state index contributed by atoms with van der Waals surface area (Å²) >= 11 is 1.54. The van der Waals surface area contributed by atoms with Gasteiger partial charge in [-0.15, -0.1) is 0 Å². The van der Waals surface area contributed by atoms with Crippen molar-refractivity contribution in [3.63, 3.8) is 0 Å². The lowest BCUT2D eigenvalue weighted by Crippen LogP contribution is -2.30. The normalized spacial score (nSPS) is 14.2. The van der Waals surface area contributed by atoms with Gasteiger partial charge in [0.05, 0.1) is 0 Å². The molecule has 1 saturated heterocycles. The number of hydrogen-bond donors (Lipinski definition) is 1. The van der Waals surface area contributed by atoms with Crippen LogP contribution in [-0.4, -0.2) is 40.2 Å². The monoisotopic (exact) mass is 399 g/mol. The fraction of sp³-hybridized carbons (Fsp3) is 0.524. The summed E-state index contributed by atoms with van der Waals surface area (Å²) in [5.74, 6) is 1.07. The Labute approximate surface area is 171 Å². The molecule has 28 heavy (non-hydrogen) atoms. The fourth-order valence-electron chi connectivity index (χ4n) is 3.52. The quantitative estimate of drug-likeness (QED) is 0.568. The number of carbonyl (C=O) groups excluding carboxylic acids is 1. The first-order valence-electron chi connectivity index (χ1n) is 9.91. The number of piperidine rings is 1. The van der Waals surface area contributed by atoms with Gasteiger partial charge < -0.3 is 10.2 Å². The van der Waals surface area contributed by atoms with E-state index in [4.69, 9.17) is 0 Å². The SMILES string of the molecule is CSc1nc(C)c(CCC(=O)NCc2ccc(N3CCCCC3)nc2)c(C)n1. The Hall–Kier alpha value is -2.15. The van der Waals surface area contributed by atoms with E-state index in [1.165, 1.54) is 31.0 Å². The molecule has 3 heterocycles. The Bertz CT molecular complexity index is 780. The van der Waals surface area contributed by atoms with Crippen LogP contribution in [0.4, 0.5) is 5.82 Å². The third-order valence-electron chi connectivity index (χ3n) is 5.16. The van der Waals surface area contributed by atoms with E-state index in [0.29, 0.717) is 19.4 Å². The molecule has 1 fully saturated rings. The summed E-state index contributed by atoms with van der Waals surface area (Å²) in [6, 6.07) is 4.12. The van der Waals surface area contributed by atoms with Crippen molar-refractivity contribution in [2.24, 2.45) is 0 Å². The highest BCUT2D eigenvalue weighted by Gasteiger charge is 2.13. The Kier molecular flexibility index (Phi) is 7.25. The minimum absolute atomic E-state index is 0.0350. The molecule has 0 atom stereocenters. The lowest BCUT2D eigenvalue weighted by molar-refractivity contribution is -0.121. The predicted octanol–water partition coefficient (Wildman–Crippen LogP) is 3.45. The van der Waals surface area contributed by atoms with Crippen LogP contribution in [0.15, 0.2) is 23.5 Å². The number of pyridine rings is 1. The van der Waals surface area contributed by atoms with Crippen LogP contribution in [0, 0.1) is 13.8 Å². The molecular formula is C21H29N5OS. The summed E-state index contributed by atoms with van der Waals surface area (Å²) in [6.07, 6.45) is 8.72. The van der Waals surface area contributed by atoms with E-state index in [2.05, 4.69) is 37.3 Å². The van der Waals surface area contributed by atoms with Crippen LogP contribution < -0.4 is 10.2 Å². The molecule has 2 aromatic heterocycles. The topological polar surface area (TPSA) is 71.0 Å². The van der Waals surface area contributed by atoms with Crippen molar-refractivity contribution in [1.82, 2.24) is 20.3 Å². The van der Waals surface area contributed by atoms with Crippen LogP contribution in [0.1, 0.15) is 48.2 Å². The molecule has 7 heteroatoms. The number of rotatable bonds is 7. The first-order valence-corrected chi connectivity index (χ1v) is 11.1. The zero-order valence-electron chi connectivity index (χ0n) is 17.0. The zero-order valence-corrected chi connectivity index (χ0v) is 17.8. The standard InChI is InChI=1S/C21H29N5OS/c1-15-18(16(2)25-21(24-15)28-3)8-10-20(27)23-14-17-7-9-19(22-13-17)26-11-5-4-6-12-26/h7,9,13H,4-6,8,10-12,14H2,1-3H3,(H,23,27). The summed E-state index contributed by atoms with van der Waals surface area (Å²) in [6.45, 7) is 6.65. The molecule has 0 aliphatic carbocycles. The lowest BCUT2D eigenvalue weighted by atomic mass is 10.1. The van der Waals surface area contributed by atoms with Gasteiger partial charge in [0.2, 0.25) is 5.91 Å². The lowest BCUT2D eigenvalue weighted by Gasteiger charge is -2.27. The van der Waals surface area contributed by atoms with Gasteiger partial charge in [-0.25, -0.2) is 15.0 Å². The van der Waals surface area contributed by atoms with Crippen molar-refractivity contribution in [1.29, 1.82) is 0 Å². The zero-order chi connectivity index (χ0) is 19.9. The summed E-state index contributed by atoms with van der Waals surface area (Å²) < 4.78 is 0. The number of nitrogens with zero attached hydrogens (tertiary/aromatic N) is 4. The van der Waals surface area contributed by atoms with Crippen LogP contribution >= 0.6 is 11.8 Å². The predicted molar refractivity (Wildman–Crippen MR) is 114 cm³/mol. The number of carbonyl (C=O) groups is 1. The Morgan fingerprint density at radius 1 is 1.14 bits per heavy atom. The number of anilines is 1. The van der Waals surface area contributed by atoms with Gasteiger partial charge in [-0.1, -0.05) is 17.8 Å². The van der Waals surface area contributed by atoms with Crippen LogP contribution in [0.25, 0.3) is 0 Å². The number of amides is 1. The number of nitrogens with one attached hydrogen (secondary N) is 1. The summed E-state index contributed by atoms with van der Waals surface area (Å²) in [7, 11) is 0. The van der Waals surface area contributed by atoms with Gasteiger partial charge in [0.1, 0.15) is 5.82 Å². The number of aryl methyl sites for hydroxylation is 2. The number of hydrogen-bond acceptors (Lipinski definition) is 6. The molecular weight excluding hydrogens is 370 g/mol. The maximum atomic E-state index is 12.3. The highest BCUT2D eigenvalue weighted by Crippen LogP contribution is 2.18. The molecule has 1 N–H and O–H groups in total. The summed E-state index contributed by atoms with van der Waals surface area (Å²) in [4.78, 5) is 28.1. The molecule has 1 aliphatic rings.